The van der Waals surface area contributed by atoms with Crippen LogP contribution in [0.15, 0.2) is 41.2 Å². The molecular formula is C17H17FN4OS. The van der Waals surface area contributed by atoms with E-state index in [0.29, 0.717) is 17.5 Å². The van der Waals surface area contributed by atoms with Gasteiger partial charge < -0.3 is 5.32 Å². The van der Waals surface area contributed by atoms with Crippen molar-refractivity contribution in [3.8, 4) is 0 Å². The number of benzene rings is 1. The van der Waals surface area contributed by atoms with E-state index in [1.54, 1.807) is 22.5 Å². The molecule has 4 rings (SSSR count). The minimum atomic E-state index is -0.366. The molecule has 0 spiro atoms. The molecule has 0 unspecified atom stereocenters. The summed E-state index contributed by atoms with van der Waals surface area (Å²) in [5.41, 5.74) is 1.59. The molecule has 0 bridgehead atoms. The van der Waals surface area contributed by atoms with Crippen molar-refractivity contribution in [3.05, 3.63) is 47.4 Å². The highest BCUT2D eigenvalue weighted by atomic mass is 32.2. The van der Waals surface area contributed by atoms with Crippen molar-refractivity contribution < 1.29 is 9.18 Å². The molecular weight excluding hydrogens is 327 g/mol. The number of rotatable bonds is 3. The van der Waals surface area contributed by atoms with E-state index in [2.05, 4.69) is 15.4 Å². The van der Waals surface area contributed by atoms with E-state index in [-0.39, 0.29) is 23.6 Å². The van der Waals surface area contributed by atoms with Crippen LogP contribution in [0.2, 0.25) is 0 Å². The van der Waals surface area contributed by atoms with Crippen molar-refractivity contribution in [3.63, 3.8) is 0 Å². The van der Waals surface area contributed by atoms with Crippen LogP contribution in [0, 0.1) is 11.7 Å². The van der Waals surface area contributed by atoms with E-state index in [1.165, 1.54) is 12.1 Å². The number of halogens is 1. The Kier molecular flexibility index (Phi) is 3.88. The first-order valence-electron chi connectivity index (χ1n) is 8.02. The second-order valence-corrected chi connectivity index (χ2v) is 7.09. The average Bonchev–Trinajstić information content (AvgIpc) is 2.95. The molecule has 24 heavy (non-hydrogen) atoms. The largest absolute Gasteiger partial charge is 0.328 e. The maximum Gasteiger partial charge on any atom is 0.227 e. The predicted octanol–water partition coefficient (Wildman–Crippen LogP) is 3.41. The van der Waals surface area contributed by atoms with Crippen molar-refractivity contribution in [1.29, 1.82) is 0 Å². The summed E-state index contributed by atoms with van der Waals surface area (Å²) in [4.78, 5) is 17.1. The minimum absolute atomic E-state index is 0.153. The fourth-order valence-electron chi connectivity index (χ4n) is 3.37. The Labute approximate surface area is 143 Å². The highest BCUT2D eigenvalue weighted by Crippen LogP contribution is 2.41. The summed E-state index contributed by atoms with van der Waals surface area (Å²) < 4.78 is 15.5. The number of allylic oxidation sites excluding steroid dienone is 2. The molecule has 0 fully saturated rings. The molecule has 5 nitrogen and oxygen atoms in total. The minimum Gasteiger partial charge on any atom is -0.328 e. The van der Waals surface area contributed by atoms with Crippen LogP contribution in [-0.2, 0) is 4.79 Å². The van der Waals surface area contributed by atoms with Crippen LogP contribution in [0.3, 0.4) is 0 Å². The van der Waals surface area contributed by atoms with Gasteiger partial charge in [-0.3, -0.25) is 4.79 Å². The van der Waals surface area contributed by atoms with E-state index >= 15 is 0 Å². The van der Waals surface area contributed by atoms with Crippen LogP contribution < -0.4 is 5.32 Å². The number of thioether (sulfide) groups is 1. The van der Waals surface area contributed by atoms with Gasteiger partial charge in [-0.1, -0.05) is 36.9 Å². The van der Waals surface area contributed by atoms with Crippen LogP contribution in [0.1, 0.15) is 31.4 Å². The van der Waals surface area contributed by atoms with Crippen LogP contribution in [-0.4, -0.2) is 26.3 Å². The molecule has 1 aromatic heterocycles. The Morgan fingerprint density at radius 2 is 2.33 bits per heavy atom. The second-order valence-electron chi connectivity index (χ2n) is 5.86. The molecule has 1 aliphatic heterocycles. The van der Waals surface area contributed by atoms with Crippen LogP contribution in [0.5, 0.6) is 0 Å². The van der Waals surface area contributed by atoms with Gasteiger partial charge in [0.05, 0.1) is 12.0 Å². The van der Waals surface area contributed by atoms with Gasteiger partial charge in [0.15, 0.2) is 0 Å². The zero-order valence-corrected chi connectivity index (χ0v) is 14.0. The molecule has 2 aliphatic rings. The van der Waals surface area contributed by atoms with Crippen molar-refractivity contribution >= 4 is 23.5 Å². The third-order valence-corrected chi connectivity index (χ3v) is 5.07. The van der Waals surface area contributed by atoms with Gasteiger partial charge in [0.25, 0.3) is 0 Å². The number of Topliss-reactive ketones (excluding diaryl/α,β-unsaturated/α-hetero) is 1. The predicted molar refractivity (Wildman–Crippen MR) is 90.4 cm³/mol. The van der Waals surface area contributed by atoms with E-state index in [4.69, 9.17) is 0 Å². The molecule has 124 valence electrons. The Balaban J connectivity index is 1.88. The van der Waals surface area contributed by atoms with Crippen molar-refractivity contribution in [2.75, 3.05) is 11.1 Å². The van der Waals surface area contributed by atoms with E-state index in [0.717, 1.165) is 23.4 Å². The summed E-state index contributed by atoms with van der Waals surface area (Å²) in [6.45, 7) is 2.04. The molecule has 0 radical (unpaired) electrons. The fourth-order valence-corrected chi connectivity index (χ4v) is 3.92. The van der Waals surface area contributed by atoms with Gasteiger partial charge in [0, 0.05) is 12.1 Å². The molecule has 2 atom stereocenters. The lowest BCUT2D eigenvalue weighted by Crippen LogP contribution is -2.38. The van der Waals surface area contributed by atoms with Crippen molar-refractivity contribution in [2.45, 2.75) is 31.0 Å². The van der Waals surface area contributed by atoms with Gasteiger partial charge in [0.2, 0.25) is 11.1 Å². The van der Waals surface area contributed by atoms with Crippen LogP contribution in [0.4, 0.5) is 10.3 Å². The van der Waals surface area contributed by atoms with E-state index in [9.17, 15) is 9.18 Å². The SMILES string of the molecule is CCSc1nc2n(n1)[C@H](c1cccc(F)c1)[C@H]1C(=O)CCC=C1N2. The molecule has 0 saturated carbocycles. The van der Waals surface area contributed by atoms with E-state index in [1.807, 2.05) is 19.1 Å². The highest BCUT2D eigenvalue weighted by molar-refractivity contribution is 7.99. The van der Waals surface area contributed by atoms with Gasteiger partial charge in [0.1, 0.15) is 11.6 Å². The standard InChI is InChI=1S/C17H17FN4OS/c1-2-24-17-20-16-19-12-7-4-8-13(23)14(12)15(22(16)21-17)10-5-3-6-11(18)9-10/h3,5-7,9,14-15H,2,4,8H2,1H3,(H,19,20,21)/t14-,15-/m1/s1. The lowest BCUT2D eigenvalue weighted by atomic mass is 9.81. The summed E-state index contributed by atoms with van der Waals surface area (Å²) in [6, 6.07) is 6.03. The van der Waals surface area contributed by atoms with Crippen LogP contribution in [0.25, 0.3) is 0 Å². The van der Waals surface area contributed by atoms with E-state index < -0.39 is 0 Å². The third kappa shape index (κ3) is 2.53. The molecule has 0 amide bonds. The summed E-state index contributed by atoms with van der Waals surface area (Å²) in [7, 11) is 0. The van der Waals surface area contributed by atoms with Crippen molar-refractivity contribution in [1.82, 2.24) is 14.8 Å². The summed E-state index contributed by atoms with van der Waals surface area (Å²) >= 11 is 1.54. The normalized spacial score (nSPS) is 22.4. The number of aromatic nitrogens is 3. The number of fused-ring (bicyclic) bond motifs is 2. The Hall–Kier alpha value is -2.15. The Morgan fingerprint density at radius 3 is 3.12 bits per heavy atom. The number of hydrogen-bond acceptors (Lipinski definition) is 5. The molecule has 1 aromatic carbocycles. The molecule has 2 heterocycles. The molecule has 1 N–H and O–H groups in total. The van der Waals surface area contributed by atoms with Crippen molar-refractivity contribution in [2.24, 2.45) is 5.92 Å². The first kappa shape index (κ1) is 15.4. The van der Waals surface area contributed by atoms with Gasteiger partial charge >= 0.3 is 0 Å². The number of ketones is 1. The number of carbonyl (C=O) groups is 1. The van der Waals surface area contributed by atoms with Gasteiger partial charge in [-0.25, -0.2) is 9.07 Å². The quantitative estimate of drug-likeness (QED) is 0.865. The molecule has 0 saturated heterocycles. The second kappa shape index (κ2) is 6.05. The molecule has 1 aliphatic carbocycles. The van der Waals surface area contributed by atoms with Gasteiger partial charge in [-0.05, 0) is 29.9 Å². The fraction of sp³-hybridized carbons (Fsp3) is 0.353. The zero-order chi connectivity index (χ0) is 16.7. The van der Waals surface area contributed by atoms with Crippen LogP contribution >= 0.6 is 11.8 Å². The Morgan fingerprint density at radius 1 is 1.46 bits per heavy atom. The maximum absolute atomic E-state index is 13.8. The number of anilines is 1. The molecule has 7 heteroatoms. The first-order chi connectivity index (χ1) is 11.7. The topological polar surface area (TPSA) is 59.8 Å². The summed E-state index contributed by atoms with van der Waals surface area (Å²) in [5, 5.41) is 8.46. The number of carbonyl (C=O) groups excluding carboxylic acids is 1. The lowest BCUT2D eigenvalue weighted by Gasteiger charge is -2.36. The third-order valence-electron chi connectivity index (χ3n) is 4.35. The maximum atomic E-state index is 13.8. The van der Waals surface area contributed by atoms with Gasteiger partial charge in [-0.15, -0.1) is 5.10 Å². The average molecular weight is 344 g/mol. The highest BCUT2D eigenvalue weighted by Gasteiger charge is 2.41. The summed E-state index contributed by atoms with van der Waals surface area (Å²) in [6.07, 6.45) is 3.27. The number of nitrogens with zero attached hydrogens (tertiary/aromatic N) is 3. The number of hydrogen-bond donors (Lipinski definition) is 1. The Bertz CT molecular complexity index is 832. The summed E-state index contributed by atoms with van der Waals surface area (Å²) in [5.74, 6) is 0.940. The first-order valence-corrected chi connectivity index (χ1v) is 9.00. The number of nitrogens with one attached hydrogen (secondary N) is 1. The zero-order valence-electron chi connectivity index (χ0n) is 13.2. The smallest absolute Gasteiger partial charge is 0.227 e. The molecule has 2 aromatic rings. The van der Waals surface area contributed by atoms with Gasteiger partial charge in [-0.2, -0.15) is 4.98 Å². The lowest BCUT2D eigenvalue weighted by molar-refractivity contribution is -0.123. The monoisotopic (exact) mass is 344 g/mol.